The van der Waals surface area contributed by atoms with Crippen LogP contribution in [-0.2, 0) is 9.59 Å². The van der Waals surface area contributed by atoms with E-state index in [1.807, 2.05) is 0 Å². The van der Waals surface area contributed by atoms with Gasteiger partial charge in [0, 0.05) is 31.3 Å². The largest absolute Gasteiger partial charge is 0.388 e. The zero-order valence-electron chi connectivity index (χ0n) is 14.9. The molecule has 2 rings (SSSR count). The molecule has 1 aliphatic heterocycles. The summed E-state index contributed by atoms with van der Waals surface area (Å²) < 4.78 is 1.24. The Labute approximate surface area is 149 Å². The number of nitrogens with two attached hydrogens (primary N) is 2. The number of rotatable bonds is 5. The maximum absolute atomic E-state index is 12.5. The number of hydrogen-bond donors (Lipinski definition) is 4. The number of likely N-dealkylation sites (tertiary alicyclic amines) is 1. The number of aryl methyl sites for hydroxylation is 1. The first-order valence-corrected chi connectivity index (χ1v) is 8.40. The van der Waals surface area contributed by atoms with Crippen LogP contribution < -0.4 is 22.7 Å². The highest BCUT2D eigenvalue weighted by molar-refractivity contribution is 5.83. The highest BCUT2D eigenvalue weighted by Crippen LogP contribution is 2.31. The van der Waals surface area contributed by atoms with Crippen molar-refractivity contribution in [1.29, 1.82) is 0 Å². The Balaban J connectivity index is 2.25. The summed E-state index contributed by atoms with van der Waals surface area (Å²) in [5.41, 5.74) is 8.84. The second kappa shape index (κ2) is 7.42. The smallest absolute Gasteiger partial charge is 0.328 e. The molecule has 1 aromatic heterocycles. The van der Waals surface area contributed by atoms with Crippen molar-refractivity contribution in [2.75, 3.05) is 13.1 Å². The lowest BCUT2D eigenvalue weighted by molar-refractivity contribution is -0.139. The molecular formula is C16H25N5O5. The Hall–Kier alpha value is -2.46. The Bertz CT molecular complexity index is 812. The molecule has 0 saturated carbocycles. The molecule has 10 heteroatoms. The SMILES string of the molecule is Cc1cn([C@@H]2CN(C(=O)[C@H](N)CCC(N)=O)CC[C@@]2(C)O)c(=O)[nH]c1=O. The van der Waals surface area contributed by atoms with Gasteiger partial charge in [0.05, 0.1) is 17.7 Å². The van der Waals surface area contributed by atoms with Crippen molar-refractivity contribution in [3.05, 3.63) is 32.6 Å². The van der Waals surface area contributed by atoms with Crippen LogP contribution in [0, 0.1) is 6.92 Å². The summed E-state index contributed by atoms with van der Waals surface area (Å²) in [7, 11) is 0. The average Bonchev–Trinajstić information content (AvgIpc) is 2.55. The highest BCUT2D eigenvalue weighted by Gasteiger charge is 2.41. The van der Waals surface area contributed by atoms with E-state index in [4.69, 9.17) is 11.5 Å². The van der Waals surface area contributed by atoms with E-state index in [0.717, 1.165) is 0 Å². The van der Waals surface area contributed by atoms with Gasteiger partial charge in [-0.15, -0.1) is 0 Å². The minimum absolute atomic E-state index is 0.000462. The number of amides is 2. The average molecular weight is 367 g/mol. The normalized spacial score (nSPS) is 24.3. The van der Waals surface area contributed by atoms with Crippen molar-refractivity contribution in [2.45, 2.75) is 50.8 Å². The first kappa shape index (κ1) is 19.9. The first-order chi connectivity index (χ1) is 12.0. The van der Waals surface area contributed by atoms with Crippen LogP contribution in [-0.4, -0.2) is 56.1 Å². The second-order valence-electron chi connectivity index (χ2n) is 7.00. The number of carbonyl (C=O) groups is 2. The van der Waals surface area contributed by atoms with E-state index in [2.05, 4.69) is 4.98 Å². The monoisotopic (exact) mass is 367 g/mol. The van der Waals surface area contributed by atoms with Gasteiger partial charge in [0.15, 0.2) is 0 Å². The molecule has 1 fully saturated rings. The molecule has 1 aliphatic rings. The molecule has 2 heterocycles. The summed E-state index contributed by atoms with van der Waals surface area (Å²) in [6.45, 7) is 3.46. The zero-order valence-corrected chi connectivity index (χ0v) is 14.9. The van der Waals surface area contributed by atoms with E-state index in [-0.39, 0.29) is 38.3 Å². The molecule has 0 aliphatic carbocycles. The van der Waals surface area contributed by atoms with Gasteiger partial charge in [-0.05, 0) is 26.7 Å². The fourth-order valence-corrected chi connectivity index (χ4v) is 3.09. The lowest BCUT2D eigenvalue weighted by Crippen LogP contribution is -2.57. The lowest BCUT2D eigenvalue weighted by Gasteiger charge is -2.43. The molecule has 26 heavy (non-hydrogen) atoms. The number of nitrogens with one attached hydrogen (secondary N) is 1. The Kier molecular flexibility index (Phi) is 5.67. The van der Waals surface area contributed by atoms with Gasteiger partial charge in [-0.1, -0.05) is 0 Å². The molecule has 0 radical (unpaired) electrons. The molecule has 0 unspecified atom stereocenters. The zero-order chi connectivity index (χ0) is 19.6. The quantitative estimate of drug-likeness (QED) is 0.468. The van der Waals surface area contributed by atoms with Gasteiger partial charge >= 0.3 is 5.69 Å². The van der Waals surface area contributed by atoms with Gasteiger partial charge < -0.3 is 21.5 Å². The number of piperidine rings is 1. The maximum atomic E-state index is 12.5. The topological polar surface area (TPSA) is 165 Å². The number of aromatic amines is 1. The summed E-state index contributed by atoms with van der Waals surface area (Å²) in [4.78, 5) is 50.8. The van der Waals surface area contributed by atoms with Crippen LogP contribution in [0.1, 0.15) is 37.8 Å². The van der Waals surface area contributed by atoms with Crippen molar-refractivity contribution in [2.24, 2.45) is 11.5 Å². The summed E-state index contributed by atoms with van der Waals surface area (Å²) >= 11 is 0. The number of primary amides is 1. The number of aliphatic hydroxyl groups is 1. The van der Waals surface area contributed by atoms with Gasteiger partial charge in [0.25, 0.3) is 5.56 Å². The van der Waals surface area contributed by atoms with E-state index in [0.29, 0.717) is 5.56 Å². The number of nitrogens with zero attached hydrogens (tertiary/aromatic N) is 2. The minimum atomic E-state index is -1.25. The van der Waals surface area contributed by atoms with Gasteiger partial charge in [-0.2, -0.15) is 0 Å². The predicted molar refractivity (Wildman–Crippen MR) is 93.3 cm³/mol. The van der Waals surface area contributed by atoms with Crippen molar-refractivity contribution in [1.82, 2.24) is 14.5 Å². The molecule has 0 bridgehead atoms. The molecule has 0 aromatic carbocycles. The van der Waals surface area contributed by atoms with Crippen LogP contribution in [0.2, 0.25) is 0 Å². The van der Waals surface area contributed by atoms with Crippen molar-refractivity contribution < 1.29 is 14.7 Å². The van der Waals surface area contributed by atoms with Crippen LogP contribution in [0.5, 0.6) is 0 Å². The summed E-state index contributed by atoms with van der Waals surface area (Å²) in [5.74, 6) is -0.913. The number of carbonyl (C=O) groups excluding carboxylic acids is 2. The number of hydrogen-bond acceptors (Lipinski definition) is 6. The third-order valence-corrected chi connectivity index (χ3v) is 4.81. The Morgan fingerprint density at radius 2 is 2.12 bits per heavy atom. The summed E-state index contributed by atoms with van der Waals surface area (Å²) in [5, 5.41) is 10.7. The summed E-state index contributed by atoms with van der Waals surface area (Å²) in [6.07, 6.45) is 1.74. The van der Waals surface area contributed by atoms with Gasteiger partial charge in [-0.25, -0.2) is 4.79 Å². The van der Waals surface area contributed by atoms with Crippen molar-refractivity contribution >= 4 is 11.8 Å². The van der Waals surface area contributed by atoms with Gasteiger partial charge in [-0.3, -0.25) is 23.9 Å². The molecule has 1 saturated heterocycles. The molecule has 6 N–H and O–H groups in total. The first-order valence-electron chi connectivity index (χ1n) is 8.40. The van der Waals surface area contributed by atoms with E-state index in [9.17, 15) is 24.3 Å². The fraction of sp³-hybridized carbons (Fsp3) is 0.625. The van der Waals surface area contributed by atoms with Gasteiger partial charge in [0.1, 0.15) is 0 Å². The lowest BCUT2D eigenvalue weighted by atomic mass is 9.87. The third-order valence-electron chi connectivity index (χ3n) is 4.81. The van der Waals surface area contributed by atoms with Crippen molar-refractivity contribution in [3.8, 4) is 0 Å². The molecule has 0 spiro atoms. The predicted octanol–water partition coefficient (Wildman–Crippen LogP) is -2.04. The summed E-state index contributed by atoms with van der Waals surface area (Å²) in [6, 6.07) is -1.63. The highest BCUT2D eigenvalue weighted by atomic mass is 16.3. The standard InChI is InChI=1S/C16H25N5O5/c1-9-7-21(15(25)19-13(9)23)11-8-20(6-5-16(11,2)26)14(24)10(17)3-4-12(18)22/h7,10-11,26H,3-6,8,17H2,1-2H3,(H2,18,22)(H,19,23,25)/t10-,11-,16-/m1/s1. The molecule has 10 nitrogen and oxygen atoms in total. The molecule has 2 amide bonds. The van der Waals surface area contributed by atoms with Crippen LogP contribution in [0.25, 0.3) is 0 Å². The second-order valence-corrected chi connectivity index (χ2v) is 7.00. The van der Waals surface area contributed by atoms with E-state index in [1.165, 1.54) is 15.7 Å². The van der Waals surface area contributed by atoms with Crippen LogP contribution in [0.15, 0.2) is 15.8 Å². The molecule has 144 valence electrons. The van der Waals surface area contributed by atoms with E-state index >= 15 is 0 Å². The molecular weight excluding hydrogens is 342 g/mol. The third kappa shape index (κ3) is 4.20. The van der Waals surface area contributed by atoms with Crippen LogP contribution in [0.3, 0.4) is 0 Å². The Morgan fingerprint density at radius 3 is 2.73 bits per heavy atom. The number of aromatic nitrogens is 2. The minimum Gasteiger partial charge on any atom is -0.388 e. The molecule has 1 aromatic rings. The number of H-pyrrole nitrogens is 1. The van der Waals surface area contributed by atoms with Crippen LogP contribution >= 0.6 is 0 Å². The van der Waals surface area contributed by atoms with Crippen molar-refractivity contribution in [3.63, 3.8) is 0 Å². The van der Waals surface area contributed by atoms with E-state index < -0.39 is 34.8 Å². The Morgan fingerprint density at radius 1 is 1.46 bits per heavy atom. The fourth-order valence-electron chi connectivity index (χ4n) is 3.09. The van der Waals surface area contributed by atoms with Crippen LogP contribution in [0.4, 0.5) is 0 Å². The molecule has 3 atom stereocenters. The van der Waals surface area contributed by atoms with E-state index in [1.54, 1.807) is 13.8 Å². The van der Waals surface area contributed by atoms with Gasteiger partial charge in [0.2, 0.25) is 11.8 Å². The maximum Gasteiger partial charge on any atom is 0.328 e.